The standard InChI is InChI=1S/C17H15BO3/c19-18(20)16-8-6-15-11-17(9-7-14(15)10-16)21-12-13-4-2-1-3-5-13/h1-11,19-20H,12H2. The van der Waals surface area contributed by atoms with Crippen molar-refractivity contribution in [1.82, 2.24) is 0 Å². The Labute approximate surface area is 123 Å². The van der Waals surface area contributed by atoms with E-state index in [1.807, 2.05) is 54.6 Å². The highest BCUT2D eigenvalue weighted by molar-refractivity contribution is 6.58. The first-order chi connectivity index (χ1) is 10.2. The molecule has 0 aliphatic rings. The van der Waals surface area contributed by atoms with Crippen molar-refractivity contribution in [2.75, 3.05) is 0 Å². The van der Waals surface area contributed by atoms with Crippen molar-refractivity contribution in [3.63, 3.8) is 0 Å². The van der Waals surface area contributed by atoms with Crippen molar-refractivity contribution in [3.8, 4) is 5.75 Å². The first kappa shape index (κ1) is 13.7. The smallest absolute Gasteiger partial charge is 0.488 e. The fraction of sp³-hybridized carbons (Fsp3) is 0.0588. The van der Waals surface area contributed by atoms with Crippen LogP contribution in [0.2, 0.25) is 0 Å². The van der Waals surface area contributed by atoms with Gasteiger partial charge in [-0.2, -0.15) is 0 Å². The van der Waals surface area contributed by atoms with Crippen LogP contribution in [0.1, 0.15) is 5.56 Å². The molecule has 0 amide bonds. The van der Waals surface area contributed by atoms with Crippen LogP contribution in [0.5, 0.6) is 5.75 Å². The fourth-order valence-electron chi connectivity index (χ4n) is 2.23. The minimum absolute atomic E-state index is 0.487. The van der Waals surface area contributed by atoms with Crippen LogP contribution < -0.4 is 10.2 Å². The summed E-state index contributed by atoms with van der Waals surface area (Å²) in [7, 11) is -1.44. The molecule has 0 atom stereocenters. The molecule has 104 valence electrons. The van der Waals surface area contributed by atoms with E-state index in [9.17, 15) is 10.0 Å². The molecular formula is C17H15BO3. The van der Waals surface area contributed by atoms with Crippen LogP contribution in [0.3, 0.4) is 0 Å². The van der Waals surface area contributed by atoms with E-state index in [1.54, 1.807) is 12.1 Å². The molecule has 0 saturated heterocycles. The average Bonchev–Trinajstić information content (AvgIpc) is 2.53. The SMILES string of the molecule is OB(O)c1ccc2cc(OCc3ccccc3)ccc2c1. The molecule has 0 aliphatic carbocycles. The monoisotopic (exact) mass is 278 g/mol. The van der Waals surface area contributed by atoms with E-state index < -0.39 is 7.12 Å². The van der Waals surface area contributed by atoms with Gasteiger partial charge in [-0.1, -0.05) is 54.6 Å². The maximum Gasteiger partial charge on any atom is 0.488 e. The van der Waals surface area contributed by atoms with Crippen LogP contribution in [0, 0.1) is 0 Å². The molecule has 0 aliphatic heterocycles. The number of ether oxygens (including phenoxy) is 1. The van der Waals surface area contributed by atoms with Gasteiger partial charge in [-0.3, -0.25) is 0 Å². The second-order valence-corrected chi connectivity index (χ2v) is 4.92. The second-order valence-electron chi connectivity index (χ2n) is 4.92. The normalized spacial score (nSPS) is 10.6. The van der Waals surface area contributed by atoms with Crippen LogP contribution in [0.4, 0.5) is 0 Å². The van der Waals surface area contributed by atoms with Gasteiger partial charge in [-0.15, -0.1) is 0 Å². The molecule has 0 spiro atoms. The number of benzene rings is 3. The van der Waals surface area contributed by atoms with E-state index in [1.165, 1.54) is 0 Å². The zero-order valence-electron chi connectivity index (χ0n) is 11.4. The molecule has 0 unspecified atom stereocenters. The zero-order valence-corrected chi connectivity index (χ0v) is 11.4. The highest BCUT2D eigenvalue weighted by atomic mass is 16.5. The van der Waals surface area contributed by atoms with Crippen LogP contribution in [0.25, 0.3) is 10.8 Å². The minimum Gasteiger partial charge on any atom is -0.489 e. The molecule has 3 nitrogen and oxygen atoms in total. The topological polar surface area (TPSA) is 49.7 Å². The molecule has 0 saturated carbocycles. The number of rotatable bonds is 4. The third-order valence-electron chi connectivity index (χ3n) is 3.38. The van der Waals surface area contributed by atoms with E-state index in [2.05, 4.69) is 0 Å². The van der Waals surface area contributed by atoms with Gasteiger partial charge >= 0.3 is 7.12 Å². The molecule has 0 bridgehead atoms. The number of hydrogen-bond donors (Lipinski definition) is 2. The van der Waals surface area contributed by atoms with Gasteiger partial charge in [0.25, 0.3) is 0 Å². The number of fused-ring (bicyclic) bond motifs is 1. The van der Waals surface area contributed by atoms with E-state index in [4.69, 9.17) is 4.74 Å². The second kappa shape index (κ2) is 6.00. The van der Waals surface area contributed by atoms with Gasteiger partial charge in [0.15, 0.2) is 0 Å². The first-order valence-electron chi connectivity index (χ1n) is 6.79. The van der Waals surface area contributed by atoms with Crippen molar-refractivity contribution in [1.29, 1.82) is 0 Å². The Morgan fingerprint density at radius 3 is 2.29 bits per heavy atom. The summed E-state index contributed by atoms with van der Waals surface area (Å²) in [6, 6.07) is 21.1. The van der Waals surface area contributed by atoms with E-state index >= 15 is 0 Å². The Balaban J connectivity index is 1.79. The third-order valence-corrected chi connectivity index (χ3v) is 3.38. The van der Waals surface area contributed by atoms with Crippen LogP contribution in [0.15, 0.2) is 66.7 Å². The summed E-state index contributed by atoms with van der Waals surface area (Å²) in [5.41, 5.74) is 1.61. The lowest BCUT2D eigenvalue weighted by atomic mass is 9.79. The van der Waals surface area contributed by atoms with Crippen molar-refractivity contribution in [3.05, 3.63) is 72.3 Å². The van der Waals surface area contributed by atoms with Gasteiger partial charge in [-0.05, 0) is 33.9 Å². The summed E-state index contributed by atoms with van der Waals surface area (Å²) in [4.78, 5) is 0. The molecule has 2 N–H and O–H groups in total. The highest BCUT2D eigenvalue weighted by Crippen LogP contribution is 2.21. The summed E-state index contributed by atoms with van der Waals surface area (Å²) in [6.45, 7) is 0.528. The lowest BCUT2D eigenvalue weighted by molar-refractivity contribution is 0.306. The van der Waals surface area contributed by atoms with E-state index in [-0.39, 0.29) is 0 Å². The summed E-state index contributed by atoms with van der Waals surface area (Å²) < 4.78 is 5.78. The molecule has 0 fully saturated rings. The van der Waals surface area contributed by atoms with Crippen LogP contribution in [-0.4, -0.2) is 17.2 Å². The maximum absolute atomic E-state index is 9.18. The summed E-state index contributed by atoms with van der Waals surface area (Å²) in [5, 5.41) is 20.3. The molecule has 0 heterocycles. The molecule has 21 heavy (non-hydrogen) atoms. The van der Waals surface area contributed by atoms with Crippen molar-refractivity contribution >= 4 is 23.4 Å². The first-order valence-corrected chi connectivity index (χ1v) is 6.79. The van der Waals surface area contributed by atoms with E-state index in [0.717, 1.165) is 22.1 Å². The van der Waals surface area contributed by atoms with Gasteiger partial charge in [0.2, 0.25) is 0 Å². The Bertz CT molecular complexity index is 741. The Morgan fingerprint density at radius 2 is 1.52 bits per heavy atom. The van der Waals surface area contributed by atoms with Gasteiger partial charge in [0, 0.05) is 0 Å². The molecule has 0 aromatic heterocycles. The minimum atomic E-state index is -1.44. The molecule has 0 radical (unpaired) electrons. The Hall–Kier alpha value is -2.30. The number of hydrogen-bond acceptors (Lipinski definition) is 3. The fourth-order valence-corrected chi connectivity index (χ4v) is 2.23. The van der Waals surface area contributed by atoms with E-state index in [0.29, 0.717) is 12.1 Å². The highest BCUT2D eigenvalue weighted by Gasteiger charge is 2.10. The maximum atomic E-state index is 9.18. The summed E-state index contributed by atoms with van der Waals surface area (Å²) >= 11 is 0. The molecule has 3 aromatic rings. The molecular weight excluding hydrogens is 263 g/mol. The predicted octanol–water partition coefficient (Wildman–Crippen LogP) is 2.10. The lowest BCUT2D eigenvalue weighted by Crippen LogP contribution is -2.29. The van der Waals surface area contributed by atoms with Gasteiger partial charge in [0.05, 0.1) is 0 Å². The van der Waals surface area contributed by atoms with Crippen molar-refractivity contribution in [2.45, 2.75) is 6.61 Å². The third kappa shape index (κ3) is 3.24. The zero-order chi connectivity index (χ0) is 14.7. The summed E-state index contributed by atoms with van der Waals surface area (Å²) in [6.07, 6.45) is 0. The predicted molar refractivity (Wildman–Crippen MR) is 84.5 cm³/mol. The van der Waals surface area contributed by atoms with Gasteiger partial charge < -0.3 is 14.8 Å². The molecule has 3 aromatic carbocycles. The van der Waals surface area contributed by atoms with Gasteiger partial charge in [0.1, 0.15) is 12.4 Å². The Kier molecular flexibility index (Phi) is 3.91. The Morgan fingerprint density at radius 1 is 0.810 bits per heavy atom. The lowest BCUT2D eigenvalue weighted by Gasteiger charge is -2.08. The van der Waals surface area contributed by atoms with Gasteiger partial charge in [-0.25, -0.2) is 0 Å². The van der Waals surface area contributed by atoms with Crippen molar-refractivity contribution < 1.29 is 14.8 Å². The molecule has 3 rings (SSSR count). The summed E-state index contributed by atoms with van der Waals surface area (Å²) in [5.74, 6) is 0.795. The largest absolute Gasteiger partial charge is 0.489 e. The van der Waals surface area contributed by atoms with Crippen molar-refractivity contribution in [2.24, 2.45) is 0 Å². The van der Waals surface area contributed by atoms with Crippen LogP contribution in [-0.2, 0) is 6.61 Å². The quantitative estimate of drug-likeness (QED) is 0.718. The average molecular weight is 278 g/mol. The molecule has 4 heteroatoms. The van der Waals surface area contributed by atoms with Crippen LogP contribution >= 0.6 is 0 Å².